The van der Waals surface area contributed by atoms with Crippen LogP contribution in [0.15, 0.2) is 36.4 Å². The average Bonchev–Trinajstić information content (AvgIpc) is 3.31. The number of benzene rings is 2. The molecule has 4 rings (SSSR count). The molecule has 2 atom stereocenters. The van der Waals surface area contributed by atoms with E-state index in [2.05, 4.69) is 0 Å². The van der Waals surface area contributed by atoms with Crippen molar-refractivity contribution in [1.29, 1.82) is 0 Å². The van der Waals surface area contributed by atoms with Crippen molar-refractivity contribution >= 4 is 39.4 Å². The molecule has 2 aliphatic rings. The van der Waals surface area contributed by atoms with Crippen molar-refractivity contribution in [3.8, 4) is 0 Å². The van der Waals surface area contributed by atoms with E-state index in [0.29, 0.717) is 28.7 Å². The highest BCUT2D eigenvalue weighted by atomic mass is 35.5. The third kappa shape index (κ3) is 7.25. The summed E-state index contributed by atoms with van der Waals surface area (Å²) in [6, 6.07) is 7.73. The summed E-state index contributed by atoms with van der Waals surface area (Å²) in [4.78, 5) is 18.6. The van der Waals surface area contributed by atoms with Gasteiger partial charge in [-0.3, -0.25) is 19.1 Å². The lowest BCUT2D eigenvalue weighted by Crippen LogP contribution is -2.51. The summed E-state index contributed by atoms with van der Waals surface area (Å²) >= 11 is 12.4. The Hall–Kier alpha value is -2.00. The Balaban J connectivity index is 1.50. The molecule has 0 bridgehead atoms. The summed E-state index contributed by atoms with van der Waals surface area (Å²) in [5, 5.41) is 0.706. The minimum absolute atomic E-state index is 0.0496. The second-order valence-electron chi connectivity index (χ2n) is 10.0. The number of amides is 1. The van der Waals surface area contributed by atoms with E-state index in [4.69, 9.17) is 23.2 Å². The Morgan fingerprint density at radius 1 is 1.05 bits per heavy atom. The maximum atomic E-state index is 14.2. The summed E-state index contributed by atoms with van der Waals surface area (Å²) in [5.41, 5.74) is -0.160. The van der Waals surface area contributed by atoms with Crippen LogP contribution in [0.4, 0.5) is 17.6 Å². The number of rotatable bonds is 7. The van der Waals surface area contributed by atoms with Gasteiger partial charge in [0.1, 0.15) is 5.82 Å². The van der Waals surface area contributed by atoms with Gasteiger partial charge in [0.25, 0.3) is 0 Å². The Labute approximate surface area is 239 Å². The van der Waals surface area contributed by atoms with Gasteiger partial charge in [0.2, 0.25) is 5.91 Å². The van der Waals surface area contributed by atoms with Gasteiger partial charge in [-0.2, -0.15) is 25.9 Å². The fourth-order valence-electron chi connectivity index (χ4n) is 5.21. The Morgan fingerprint density at radius 2 is 1.73 bits per heavy atom. The van der Waals surface area contributed by atoms with Crippen LogP contribution in [-0.2, 0) is 27.8 Å². The molecule has 2 unspecified atom stereocenters. The van der Waals surface area contributed by atoms with E-state index in [1.165, 1.54) is 6.07 Å². The minimum atomic E-state index is -4.79. The Kier molecular flexibility index (Phi) is 9.35. The molecule has 220 valence electrons. The first kappa shape index (κ1) is 30.9. The first-order chi connectivity index (χ1) is 18.6. The van der Waals surface area contributed by atoms with Crippen molar-refractivity contribution in [1.82, 2.24) is 19.0 Å². The Morgan fingerprint density at radius 3 is 2.30 bits per heavy atom. The van der Waals surface area contributed by atoms with Gasteiger partial charge in [-0.25, -0.2) is 4.39 Å². The molecule has 1 amide bonds. The highest BCUT2D eigenvalue weighted by Crippen LogP contribution is 2.36. The zero-order chi connectivity index (χ0) is 29.4. The molecule has 0 saturated carbocycles. The fourth-order valence-corrected chi connectivity index (χ4v) is 6.14. The van der Waals surface area contributed by atoms with Crippen LogP contribution in [-0.4, -0.2) is 96.8 Å². The summed E-state index contributed by atoms with van der Waals surface area (Å²) < 4.78 is 86.0. The lowest BCUT2D eigenvalue weighted by atomic mass is 9.93. The number of carbonyl (C=O) groups excluding carboxylic acids is 1. The van der Waals surface area contributed by atoms with Gasteiger partial charge in [-0.05, 0) is 42.4 Å². The molecular formula is C25H28Cl2F4N4O4S. The van der Waals surface area contributed by atoms with Crippen molar-refractivity contribution in [3.05, 3.63) is 69.0 Å². The highest BCUT2D eigenvalue weighted by Gasteiger charge is 2.40. The second-order valence-corrected chi connectivity index (χ2v) is 12.3. The number of piperazine rings is 1. The van der Waals surface area contributed by atoms with Crippen molar-refractivity contribution < 1.29 is 35.3 Å². The van der Waals surface area contributed by atoms with E-state index in [1.54, 1.807) is 35.0 Å². The average molecular weight is 627 g/mol. The number of hydrogen-bond acceptors (Lipinski definition) is 5. The third-order valence-electron chi connectivity index (χ3n) is 7.37. The fraction of sp³-hybridized carbons (Fsp3) is 0.480. The SMILES string of the molecule is CN(Cc1ccc(C(F)(F)F)c(F)c1)C1CN(C(=O)CN2CCN(S(=O)(=O)O)CC2)CC1c1ccc(Cl)c(Cl)c1. The minimum Gasteiger partial charge on any atom is -0.339 e. The van der Waals surface area contributed by atoms with Crippen LogP contribution in [0, 0.1) is 5.82 Å². The normalized spacial score (nSPS) is 21.4. The summed E-state index contributed by atoms with van der Waals surface area (Å²) in [6.45, 7) is 1.49. The molecule has 2 saturated heterocycles. The number of hydrogen-bond donors (Lipinski definition) is 1. The van der Waals surface area contributed by atoms with Gasteiger partial charge in [-0.1, -0.05) is 35.3 Å². The molecule has 0 spiro atoms. The molecule has 2 aromatic rings. The zero-order valence-corrected chi connectivity index (χ0v) is 23.7. The van der Waals surface area contributed by atoms with Crippen molar-refractivity contribution in [2.75, 3.05) is 52.9 Å². The maximum Gasteiger partial charge on any atom is 0.419 e. The summed E-state index contributed by atoms with van der Waals surface area (Å²) in [5.74, 6) is -1.75. The van der Waals surface area contributed by atoms with Crippen LogP contribution < -0.4 is 0 Å². The molecule has 8 nitrogen and oxygen atoms in total. The van der Waals surface area contributed by atoms with Crippen LogP contribution >= 0.6 is 23.2 Å². The molecule has 2 fully saturated rings. The topological polar surface area (TPSA) is 84.4 Å². The lowest BCUT2D eigenvalue weighted by Gasteiger charge is -2.33. The largest absolute Gasteiger partial charge is 0.419 e. The number of carbonyl (C=O) groups is 1. The Bertz CT molecular complexity index is 1360. The van der Waals surface area contributed by atoms with E-state index in [0.717, 1.165) is 22.0 Å². The summed E-state index contributed by atoms with van der Waals surface area (Å²) in [7, 11) is -2.53. The smallest absolute Gasteiger partial charge is 0.339 e. The molecule has 0 aromatic heterocycles. The lowest BCUT2D eigenvalue weighted by molar-refractivity contribution is -0.140. The molecule has 2 aliphatic heterocycles. The molecule has 0 aliphatic carbocycles. The van der Waals surface area contributed by atoms with E-state index >= 15 is 0 Å². The number of likely N-dealkylation sites (tertiary alicyclic amines) is 1. The van der Waals surface area contributed by atoms with Crippen molar-refractivity contribution in [2.24, 2.45) is 0 Å². The number of nitrogens with zero attached hydrogens (tertiary/aromatic N) is 4. The quantitative estimate of drug-likeness (QED) is 0.370. The van der Waals surface area contributed by atoms with E-state index in [-0.39, 0.29) is 57.1 Å². The van der Waals surface area contributed by atoms with Crippen LogP contribution in [0.1, 0.15) is 22.6 Å². The first-order valence-electron chi connectivity index (χ1n) is 12.4. The van der Waals surface area contributed by atoms with Crippen LogP contribution in [0.25, 0.3) is 0 Å². The van der Waals surface area contributed by atoms with Gasteiger partial charge in [0.05, 0.1) is 22.2 Å². The van der Waals surface area contributed by atoms with Gasteiger partial charge in [0.15, 0.2) is 0 Å². The van der Waals surface area contributed by atoms with E-state index < -0.39 is 27.9 Å². The standard InChI is InChI=1S/C25H28Cl2F4N4O4S/c1-32(12-16-2-4-19(22(28)10-16)25(29,30)31)23-14-34(13-18(23)17-3-5-20(26)21(27)11-17)24(36)15-33-6-8-35(9-7-33)40(37,38)39/h2-5,10-11,18,23H,6-9,12-15H2,1H3,(H,37,38,39). The highest BCUT2D eigenvalue weighted by molar-refractivity contribution is 7.83. The predicted octanol–water partition coefficient (Wildman–Crippen LogP) is 4.00. The molecule has 2 aromatic carbocycles. The molecule has 1 N–H and O–H groups in total. The first-order valence-corrected chi connectivity index (χ1v) is 14.5. The van der Waals surface area contributed by atoms with E-state index in [9.17, 15) is 35.3 Å². The van der Waals surface area contributed by atoms with Gasteiger partial charge >= 0.3 is 16.5 Å². The van der Waals surface area contributed by atoms with Crippen molar-refractivity contribution in [2.45, 2.75) is 24.7 Å². The number of likely N-dealkylation sites (N-methyl/N-ethyl adjacent to an activating group) is 1. The summed E-state index contributed by atoms with van der Waals surface area (Å²) in [6.07, 6.45) is -4.79. The third-order valence-corrected chi connectivity index (χ3v) is 9.12. The predicted molar refractivity (Wildman–Crippen MR) is 142 cm³/mol. The molecule has 40 heavy (non-hydrogen) atoms. The van der Waals surface area contributed by atoms with Crippen LogP contribution in [0.5, 0.6) is 0 Å². The zero-order valence-electron chi connectivity index (χ0n) is 21.4. The van der Waals surface area contributed by atoms with Gasteiger partial charge in [-0.15, -0.1) is 0 Å². The monoisotopic (exact) mass is 626 g/mol. The molecule has 2 heterocycles. The number of alkyl halides is 3. The second kappa shape index (κ2) is 12.1. The van der Waals surface area contributed by atoms with Crippen LogP contribution in [0.3, 0.4) is 0 Å². The molecule has 15 heteroatoms. The maximum absolute atomic E-state index is 14.2. The number of halogens is 6. The van der Waals surface area contributed by atoms with Gasteiger partial charge in [0, 0.05) is 57.8 Å². The molecule has 0 radical (unpaired) electrons. The molecular weight excluding hydrogens is 599 g/mol. The van der Waals surface area contributed by atoms with Crippen molar-refractivity contribution in [3.63, 3.8) is 0 Å². The van der Waals surface area contributed by atoms with Crippen LogP contribution in [0.2, 0.25) is 10.0 Å². The van der Waals surface area contributed by atoms with E-state index in [1.807, 2.05) is 4.90 Å². The van der Waals surface area contributed by atoms with Gasteiger partial charge < -0.3 is 4.90 Å².